The van der Waals surface area contributed by atoms with Gasteiger partial charge in [-0.15, -0.1) is 0 Å². The molecule has 0 atom stereocenters. The highest BCUT2D eigenvalue weighted by Crippen LogP contribution is 2.20. The van der Waals surface area contributed by atoms with E-state index in [1.165, 1.54) is 12.4 Å². The summed E-state index contributed by atoms with van der Waals surface area (Å²) in [6, 6.07) is 16.1. The molecule has 0 bridgehead atoms. The maximum absolute atomic E-state index is 11.9. The van der Waals surface area contributed by atoms with Gasteiger partial charge in [0.25, 0.3) is 5.91 Å². The van der Waals surface area contributed by atoms with Crippen molar-refractivity contribution in [2.75, 3.05) is 17.7 Å². The molecule has 0 aliphatic rings. The third kappa shape index (κ3) is 5.18. The number of hydrogen-bond acceptors (Lipinski definition) is 8. The van der Waals surface area contributed by atoms with Gasteiger partial charge in [0.1, 0.15) is 0 Å². The topological polar surface area (TPSA) is 132 Å². The number of carbonyl (C=O) groups excluding carboxylic acids is 2. The highest BCUT2D eigenvalue weighted by molar-refractivity contribution is 5.96. The van der Waals surface area contributed by atoms with Gasteiger partial charge in [0.15, 0.2) is 18.1 Å². The Hall–Kier alpha value is -4.14. The average Bonchev–Trinajstić information content (AvgIpc) is 2.72. The molecule has 0 fully saturated rings. The van der Waals surface area contributed by atoms with Crippen LogP contribution in [0.25, 0.3) is 0 Å². The number of nitrogens with two attached hydrogens (primary N) is 1. The van der Waals surface area contributed by atoms with E-state index in [4.69, 9.17) is 10.5 Å². The van der Waals surface area contributed by atoms with E-state index in [9.17, 15) is 9.59 Å². The zero-order valence-corrected chi connectivity index (χ0v) is 14.6. The maximum atomic E-state index is 11.9. The standard InChI is InChI=1S/C19H16N6O3/c20-18-17(21-10-11-22-18)19(27)28-12-16(26)23-13-6-8-15(9-7-13)25-24-14-4-2-1-3-5-14/h1-11H,12H2,(H2,20,22)(H,23,26). The number of aromatic nitrogens is 2. The maximum Gasteiger partial charge on any atom is 0.361 e. The summed E-state index contributed by atoms with van der Waals surface area (Å²) in [6.07, 6.45) is 2.66. The normalized spacial score (nSPS) is 10.6. The van der Waals surface area contributed by atoms with E-state index in [2.05, 4.69) is 25.5 Å². The lowest BCUT2D eigenvalue weighted by Crippen LogP contribution is -2.22. The first kappa shape index (κ1) is 18.6. The van der Waals surface area contributed by atoms with E-state index in [1.54, 1.807) is 24.3 Å². The average molecular weight is 376 g/mol. The number of azo groups is 1. The minimum atomic E-state index is -0.822. The Morgan fingerprint density at radius 3 is 2.25 bits per heavy atom. The molecule has 3 aromatic rings. The van der Waals surface area contributed by atoms with Gasteiger partial charge in [-0.25, -0.2) is 14.8 Å². The van der Waals surface area contributed by atoms with Gasteiger partial charge in [0, 0.05) is 18.1 Å². The van der Waals surface area contributed by atoms with Crippen LogP contribution in [0.4, 0.5) is 22.9 Å². The number of nitrogens with one attached hydrogen (secondary N) is 1. The van der Waals surface area contributed by atoms with Crippen LogP contribution in [-0.4, -0.2) is 28.5 Å². The van der Waals surface area contributed by atoms with Gasteiger partial charge in [0.2, 0.25) is 0 Å². The fourth-order valence-electron chi connectivity index (χ4n) is 2.12. The van der Waals surface area contributed by atoms with Crippen molar-refractivity contribution in [3.05, 3.63) is 72.7 Å². The summed E-state index contributed by atoms with van der Waals surface area (Å²) in [7, 11) is 0. The van der Waals surface area contributed by atoms with Crippen molar-refractivity contribution >= 4 is 34.8 Å². The first-order valence-corrected chi connectivity index (χ1v) is 8.22. The second kappa shape index (κ2) is 8.99. The fourth-order valence-corrected chi connectivity index (χ4v) is 2.12. The molecule has 1 amide bonds. The highest BCUT2D eigenvalue weighted by Gasteiger charge is 2.15. The van der Waals surface area contributed by atoms with Crippen LogP contribution in [0.15, 0.2) is 77.2 Å². The van der Waals surface area contributed by atoms with Gasteiger partial charge in [-0.05, 0) is 36.4 Å². The Labute approximate surface area is 160 Å². The lowest BCUT2D eigenvalue weighted by molar-refractivity contribution is -0.119. The summed E-state index contributed by atoms with van der Waals surface area (Å²) >= 11 is 0. The molecule has 3 N–H and O–H groups in total. The molecule has 0 radical (unpaired) electrons. The van der Waals surface area contributed by atoms with E-state index in [0.717, 1.165) is 5.69 Å². The molecule has 9 nitrogen and oxygen atoms in total. The number of benzene rings is 2. The number of nitrogen functional groups attached to an aromatic ring is 1. The molecule has 0 aliphatic carbocycles. The lowest BCUT2D eigenvalue weighted by Gasteiger charge is -2.07. The van der Waals surface area contributed by atoms with Crippen molar-refractivity contribution in [2.45, 2.75) is 0 Å². The van der Waals surface area contributed by atoms with Gasteiger partial charge in [-0.3, -0.25) is 4.79 Å². The first-order valence-electron chi connectivity index (χ1n) is 8.22. The zero-order chi connectivity index (χ0) is 19.8. The number of carbonyl (C=O) groups is 2. The highest BCUT2D eigenvalue weighted by atomic mass is 16.5. The summed E-state index contributed by atoms with van der Waals surface area (Å²) in [5.41, 5.74) is 7.30. The van der Waals surface area contributed by atoms with Gasteiger partial charge >= 0.3 is 5.97 Å². The Morgan fingerprint density at radius 2 is 1.57 bits per heavy atom. The SMILES string of the molecule is Nc1nccnc1C(=O)OCC(=O)Nc1ccc(N=Nc2ccccc2)cc1. The third-order valence-electron chi connectivity index (χ3n) is 3.44. The van der Waals surface area contributed by atoms with Gasteiger partial charge in [0.05, 0.1) is 11.4 Å². The second-order valence-electron chi connectivity index (χ2n) is 5.50. The predicted octanol–water partition coefficient (Wildman–Crippen LogP) is 3.27. The molecule has 1 aromatic heterocycles. The molecule has 0 saturated heterocycles. The number of amides is 1. The van der Waals surface area contributed by atoms with Crippen LogP contribution < -0.4 is 11.1 Å². The molecule has 0 aliphatic heterocycles. The number of ether oxygens (including phenoxy) is 1. The molecule has 2 aromatic carbocycles. The van der Waals surface area contributed by atoms with Crippen LogP contribution in [0.3, 0.4) is 0 Å². The van der Waals surface area contributed by atoms with Crippen LogP contribution in [0, 0.1) is 0 Å². The Balaban J connectivity index is 1.51. The van der Waals surface area contributed by atoms with E-state index < -0.39 is 18.5 Å². The second-order valence-corrected chi connectivity index (χ2v) is 5.50. The monoisotopic (exact) mass is 376 g/mol. The largest absolute Gasteiger partial charge is 0.451 e. The minimum Gasteiger partial charge on any atom is -0.451 e. The van der Waals surface area contributed by atoms with Crippen LogP contribution in [0.1, 0.15) is 10.5 Å². The molecule has 28 heavy (non-hydrogen) atoms. The van der Waals surface area contributed by atoms with Crippen LogP contribution in [0.2, 0.25) is 0 Å². The first-order chi connectivity index (χ1) is 13.6. The molecule has 9 heteroatoms. The summed E-state index contributed by atoms with van der Waals surface area (Å²) < 4.78 is 4.89. The number of esters is 1. The van der Waals surface area contributed by atoms with Crippen LogP contribution in [-0.2, 0) is 9.53 Å². The van der Waals surface area contributed by atoms with E-state index in [-0.39, 0.29) is 11.5 Å². The van der Waals surface area contributed by atoms with Crippen molar-refractivity contribution in [3.63, 3.8) is 0 Å². The molecule has 0 unspecified atom stereocenters. The lowest BCUT2D eigenvalue weighted by atomic mass is 10.3. The Morgan fingerprint density at radius 1 is 0.929 bits per heavy atom. The quantitative estimate of drug-likeness (QED) is 0.501. The van der Waals surface area contributed by atoms with E-state index in [1.807, 2.05) is 30.3 Å². The van der Waals surface area contributed by atoms with Crippen molar-refractivity contribution in [3.8, 4) is 0 Å². The molecular weight excluding hydrogens is 360 g/mol. The van der Waals surface area contributed by atoms with E-state index >= 15 is 0 Å². The molecule has 140 valence electrons. The fraction of sp³-hybridized carbons (Fsp3) is 0.0526. The van der Waals surface area contributed by atoms with E-state index in [0.29, 0.717) is 11.4 Å². The van der Waals surface area contributed by atoms with Crippen molar-refractivity contribution in [1.82, 2.24) is 9.97 Å². The minimum absolute atomic E-state index is 0.0619. The number of anilines is 2. The molecule has 1 heterocycles. The smallest absolute Gasteiger partial charge is 0.361 e. The summed E-state index contributed by atoms with van der Waals surface area (Å²) in [5, 5.41) is 10.8. The van der Waals surface area contributed by atoms with Crippen molar-refractivity contribution in [1.29, 1.82) is 0 Å². The molecule has 0 spiro atoms. The molecular formula is C19H16N6O3. The third-order valence-corrected chi connectivity index (χ3v) is 3.44. The van der Waals surface area contributed by atoms with Crippen LogP contribution >= 0.6 is 0 Å². The molecule has 0 saturated carbocycles. The Bertz CT molecular complexity index is 990. The van der Waals surface area contributed by atoms with Gasteiger partial charge in [-0.2, -0.15) is 10.2 Å². The number of rotatable bonds is 6. The van der Waals surface area contributed by atoms with Crippen molar-refractivity contribution < 1.29 is 14.3 Å². The van der Waals surface area contributed by atoms with Crippen molar-refractivity contribution in [2.24, 2.45) is 10.2 Å². The number of hydrogen-bond donors (Lipinski definition) is 2. The summed E-state index contributed by atoms with van der Waals surface area (Å²) in [4.78, 5) is 31.3. The summed E-state index contributed by atoms with van der Waals surface area (Å²) in [5.74, 6) is -1.39. The van der Waals surface area contributed by atoms with Gasteiger partial charge < -0.3 is 15.8 Å². The van der Waals surface area contributed by atoms with Gasteiger partial charge in [-0.1, -0.05) is 18.2 Å². The molecule has 3 rings (SSSR count). The number of nitrogens with zero attached hydrogens (tertiary/aromatic N) is 4. The zero-order valence-electron chi connectivity index (χ0n) is 14.6. The summed E-state index contributed by atoms with van der Waals surface area (Å²) in [6.45, 7) is -0.482. The van der Waals surface area contributed by atoms with Crippen LogP contribution in [0.5, 0.6) is 0 Å². The Kier molecular flexibility index (Phi) is 5.99. The predicted molar refractivity (Wildman–Crippen MR) is 102 cm³/mol.